The molecule has 0 saturated heterocycles. The molecule has 1 aromatic heterocycles. The molecule has 0 aliphatic rings. The predicted molar refractivity (Wildman–Crippen MR) is 59.1 cm³/mol. The Balaban J connectivity index is 2.84. The number of aryl methyl sites for hydroxylation is 2. The Morgan fingerprint density at radius 3 is 2.67 bits per heavy atom. The molecular formula is C9H17N3O2S. The molecule has 6 heteroatoms. The summed E-state index contributed by atoms with van der Waals surface area (Å²) in [4.78, 5) is 0. The number of nitrogens with two attached hydrogens (primary N) is 1. The van der Waals surface area contributed by atoms with Gasteiger partial charge in [-0.05, 0) is 12.5 Å². The molecule has 0 amide bonds. The third-order valence-electron chi connectivity index (χ3n) is 2.19. The van der Waals surface area contributed by atoms with E-state index in [4.69, 9.17) is 5.73 Å². The van der Waals surface area contributed by atoms with Crippen molar-refractivity contribution in [1.29, 1.82) is 0 Å². The summed E-state index contributed by atoms with van der Waals surface area (Å²) >= 11 is 0. The Labute approximate surface area is 90.2 Å². The van der Waals surface area contributed by atoms with E-state index in [1.165, 1.54) is 0 Å². The molecular weight excluding hydrogens is 214 g/mol. The number of hydrogen-bond acceptors (Lipinski definition) is 4. The van der Waals surface area contributed by atoms with Crippen LogP contribution in [0.15, 0.2) is 6.07 Å². The van der Waals surface area contributed by atoms with E-state index >= 15 is 0 Å². The summed E-state index contributed by atoms with van der Waals surface area (Å²) in [5.41, 5.74) is 6.87. The molecule has 2 N–H and O–H groups in total. The van der Waals surface area contributed by atoms with Crippen LogP contribution in [0, 0.1) is 0 Å². The molecule has 0 fully saturated rings. The van der Waals surface area contributed by atoms with Gasteiger partial charge in [-0.1, -0.05) is 6.92 Å². The Kier molecular flexibility index (Phi) is 3.87. The van der Waals surface area contributed by atoms with Gasteiger partial charge in [0.15, 0.2) is 9.84 Å². The first-order valence-corrected chi connectivity index (χ1v) is 6.73. The molecule has 0 saturated carbocycles. The van der Waals surface area contributed by atoms with Gasteiger partial charge in [0.05, 0.1) is 22.9 Å². The van der Waals surface area contributed by atoms with Crippen molar-refractivity contribution in [2.45, 2.75) is 19.1 Å². The first-order valence-electron chi connectivity index (χ1n) is 4.90. The molecule has 0 aromatic carbocycles. The van der Waals surface area contributed by atoms with Crippen LogP contribution >= 0.6 is 0 Å². The molecule has 15 heavy (non-hydrogen) atoms. The van der Waals surface area contributed by atoms with Crippen molar-refractivity contribution in [2.24, 2.45) is 12.8 Å². The maximum Gasteiger partial charge on any atom is 0.157 e. The van der Waals surface area contributed by atoms with Gasteiger partial charge in [-0.25, -0.2) is 8.42 Å². The van der Waals surface area contributed by atoms with Gasteiger partial charge in [-0.2, -0.15) is 5.10 Å². The number of hydrogen-bond donors (Lipinski definition) is 1. The second kappa shape index (κ2) is 4.76. The quantitative estimate of drug-likeness (QED) is 0.765. The summed E-state index contributed by atoms with van der Waals surface area (Å²) in [7, 11) is -1.33. The minimum Gasteiger partial charge on any atom is -0.329 e. The molecule has 1 rings (SSSR count). The van der Waals surface area contributed by atoms with Crippen LogP contribution < -0.4 is 5.73 Å². The largest absolute Gasteiger partial charge is 0.329 e. The molecule has 0 radical (unpaired) electrons. The van der Waals surface area contributed by atoms with Gasteiger partial charge in [-0.3, -0.25) is 4.68 Å². The zero-order chi connectivity index (χ0) is 11.5. The van der Waals surface area contributed by atoms with Crippen molar-refractivity contribution in [1.82, 2.24) is 9.78 Å². The van der Waals surface area contributed by atoms with E-state index in [0.717, 1.165) is 17.8 Å². The second-order valence-electron chi connectivity index (χ2n) is 3.48. The molecule has 0 aliphatic heterocycles. The summed E-state index contributed by atoms with van der Waals surface area (Å²) < 4.78 is 24.7. The van der Waals surface area contributed by atoms with Crippen LogP contribution in [0.5, 0.6) is 0 Å². The van der Waals surface area contributed by atoms with Gasteiger partial charge in [0, 0.05) is 13.6 Å². The Hall–Kier alpha value is -0.880. The first kappa shape index (κ1) is 12.2. The van der Waals surface area contributed by atoms with E-state index in [9.17, 15) is 8.42 Å². The van der Waals surface area contributed by atoms with Crippen LogP contribution in [0.1, 0.15) is 18.3 Å². The molecule has 0 aliphatic carbocycles. The van der Waals surface area contributed by atoms with Crippen molar-refractivity contribution in [3.63, 3.8) is 0 Å². The van der Waals surface area contributed by atoms with Gasteiger partial charge >= 0.3 is 0 Å². The van der Waals surface area contributed by atoms with Crippen molar-refractivity contribution < 1.29 is 8.42 Å². The van der Waals surface area contributed by atoms with Crippen LogP contribution in [0.4, 0.5) is 0 Å². The highest BCUT2D eigenvalue weighted by Gasteiger charge is 2.14. The minimum atomic E-state index is -3.09. The SMILES string of the molecule is CCc1cc(CS(=O)(=O)CCN)n(C)n1. The lowest BCUT2D eigenvalue weighted by Gasteiger charge is -2.02. The first-order chi connectivity index (χ1) is 6.98. The van der Waals surface area contributed by atoms with E-state index in [0.29, 0.717) is 0 Å². The molecule has 0 bridgehead atoms. The number of rotatable bonds is 5. The van der Waals surface area contributed by atoms with Crippen LogP contribution in [-0.2, 0) is 29.1 Å². The lowest BCUT2D eigenvalue weighted by atomic mass is 10.3. The summed E-state index contributed by atoms with van der Waals surface area (Å²) in [6.45, 7) is 2.15. The third-order valence-corrected chi connectivity index (χ3v) is 3.78. The Bertz CT molecular complexity index is 423. The van der Waals surface area contributed by atoms with Crippen molar-refractivity contribution in [3.8, 4) is 0 Å². The average molecular weight is 231 g/mol. The lowest BCUT2D eigenvalue weighted by molar-refractivity contribution is 0.591. The van der Waals surface area contributed by atoms with Crippen molar-refractivity contribution in [3.05, 3.63) is 17.5 Å². The van der Waals surface area contributed by atoms with E-state index < -0.39 is 9.84 Å². The summed E-state index contributed by atoms with van der Waals surface area (Å²) in [6.07, 6.45) is 0.810. The molecule has 0 atom stereocenters. The highest BCUT2D eigenvalue weighted by Crippen LogP contribution is 2.08. The van der Waals surface area contributed by atoms with Gasteiger partial charge in [0.25, 0.3) is 0 Å². The van der Waals surface area contributed by atoms with Crippen LogP contribution in [0.25, 0.3) is 0 Å². The molecule has 5 nitrogen and oxygen atoms in total. The van der Waals surface area contributed by atoms with Crippen LogP contribution in [0.2, 0.25) is 0 Å². The van der Waals surface area contributed by atoms with Crippen molar-refractivity contribution >= 4 is 9.84 Å². The average Bonchev–Trinajstić information content (AvgIpc) is 2.46. The highest BCUT2D eigenvalue weighted by molar-refractivity contribution is 7.90. The Morgan fingerprint density at radius 2 is 2.20 bits per heavy atom. The smallest absolute Gasteiger partial charge is 0.157 e. The van der Waals surface area contributed by atoms with E-state index in [1.54, 1.807) is 11.7 Å². The molecule has 0 spiro atoms. The van der Waals surface area contributed by atoms with Gasteiger partial charge in [0.2, 0.25) is 0 Å². The second-order valence-corrected chi connectivity index (χ2v) is 5.67. The maximum absolute atomic E-state index is 11.5. The van der Waals surface area contributed by atoms with E-state index in [2.05, 4.69) is 5.10 Å². The normalized spacial score (nSPS) is 11.9. The molecule has 86 valence electrons. The predicted octanol–water partition coefficient (Wildman–Crippen LogP) is -0.144. The van der Waals surface area contributed by atoms with Gasteiger partial charge in [-0.15, -0.1) is 0 Å². The molecule has 1 heterocycles. The van der Waals surface area contributed by atoms with Gasteiger partial charge < -0.3 is 5.73 Å². The topological polar surface area (TPSA) is 78.0 Å². The highest BCUT2D eigenvalue weighted by atomic mass is 32.2. The number of sulfone groups is 1. The zero-order valence-corrected chi connectivity index (χ0v) is 9.92. The zero-order valence-electron chi connectivity index (χ0n) is 9.10. The maximum atomic E-state index is 11.5. The minimum absolute atomic E-state index is 0.0215. The van der Waals surface area contributed by atoms with E-state index in [-0.39, 0.29) is 18.1 Å². The van der Waals surface area contributed by atoms with Crippen LogP contribution in [-0.4, -0.2) is 30.5 Å². The molecule has 0 unspecified atom stereocenters. The van der Waals surface area contributed by atoms with E-state index in [1.807, 2.05) is 13.0 Å². The monoisotopic (exact) mass is 231 g/mol. The third kappa shape index (κ3) is 3.32. The summed E-state index contributed by atoms with van der Waals surface area (Å²) in [6, 6.07) is 1.83. The fourth-order valence-corrected chi connectivity index (χ4v) is 2.58. The summed E-state index contributed by atoms with van der Waals surface area (Å²) in [5, 5.41) is 4.19. The van der Waals surface area contributed by atoms with Crippen molar-refractivity contribution in [2.75, 3.05) is 12.3 Å². The number of nitrogens with zero attached hydrogens (tertiary/aromatic N) is 2. The number of aromatic nitrogens is 2. The lowest BCUT2D eigenvalue weighted by Crippen LogP contribution is -2.18. The fourth-order valence-electron chi connectivity index (χ4n) is 1.36. The Morgan fingerprint density at radius 1 is 1.53 bits per heavy atom. The standard InChI is InChI=1S/C9H17N3O2S/c1-3-8-6-9(12(2)11-8)7-15(13,14)5-4-10/h6H,3-5,7,10H2,1-2H3. The molecule has 1 aromatic rings. The van der Waals surface area contributed by atoms with Gasteiger partial charge in [0.1, 0.15) is 0 Å². The fraction of sp³-hybridized carbons (Fsp3) is 0.667. The van der Waals surface area contributed by atoms with Crippen LogP contribution in [0.3, 0.4) is 0 Å². The summed E-state index contributed by atoms with van der Waals surface area (Å²) in [5.74, 6) is 0.0489.